The summed E-state index contributed by atoms with van der Waals surface area (Å²) in [6.07, 6.45) is -2.35. The highest BCUT2D eigenvalue weighted by Crippen LogP contribution is 2.35. The Labute approximate surface area is 123 Å². The van der Waals surface area contributed by atoms with Gasteiger partial charge in [-0.3, -0.25) is 0 Å². The second kappa shape index (κ2) is 5.66. The Morgan fingerprint density at radius 1 is 1.27 bits per heavy atom. The molecule has 1 aliphatic heterocycles. The second-order valence-corrected chi connectivity index (χ2v) is 4.67. The van der Waals surface area contributed by atoms with Crippen molar-refractivity contribution in [1.29, 1.82) is 0 Å². The normalized spacial score (nSPS) is 17.0. The Morgan fingerprint density at radius 2 is 2.09 bits per heavy atom. The van der Waals surface area contributed by atoms with E-state index in [4.69, 9.17) is 10.5 Å². The minimum atomic E-state index is -2.86. The molecular formula is C13H12F3N5O. The number of aromatic nitrogens is 3. The van der Waals surface area contributed by atoms with E-state index in [0.717, 1.165) is 0 Å². The Balaban J connectivity index is 1.91. The maximum absolute atomic E-state index is 13.7. The number of fused-ring (bicyclic) bond motifs is 1. The van der Waals surface area contributed by atoms with Gasteiger partial charge in [-0.25, -0.2) is 13.2 Å². The number of benzene rings is 1. The molecule has 0 amide bonds. The maximum atomic E-state index is 13.7. The van der Waals surface area contributed by atoms with Gasteiger partial charge in [-0.15, -0.1) is 0 Å². The molecule has 1 aliphatic rings. The molecule has 2 aromatic rings. The monoisotopic (exact) mass is 311 g/mol. The molecule has 0 saturated carbocycles. The first-order valence-electron chi connectivity index (χ1n) is 6.52. The molecule has 0 radical (unpaired) electrons. The average Bonchev–Trinajstić information content (AvgIpc) is 2.48. The molecule has 0 spiro atoms. The van der Waals surface area contributed by atoms with E-state index in [9.17, 15) is 13.2 Å². The number of nitrogens with one attached hydrogen (secondary N) is 1. The molecule has 2 heterocycles. The molecule has 1 aromatic carbocycles. The zero-order chi connectivity index (χ0) is 15.7. The Kier molecular flexibility index (Phi) is 3.70. The zero-order valence-corrected chi connectivity index (χ0v) is 11.3. The second-order valence-electron chi connectivity index (χ2n) is 4.67. The Bertz CT molecular complexity index is 697. The molecule has 3 rings (SSSR count). The van der Waals surface area contributed by atoms with Crippen LogP contribution in [0, 0.1) is 5.82 Å². The van der Waals surface area contributed by atoms with Crippen LogP contribution < -0.4 is 15.8 Å². The van der Waals surface area contributed by atoms with E-state index in [1.807, 2.05) is 0 Å². The molecule has 0 aliphatic carbocycles. The van der Waals surface area contributed by atoms with Crippen molar-refractivity contribution in [3.8, 4) is 5.75 Å². The molecule has 1 atom stereocenters. The third kappa shape index (κ3) is 2.74. The summed E-state index contributed by atoms with van der Waals surface area (Å²) in [6, 6.07) is 4.15. The smallest absolute Gasteiger partial charge is 0.297 e. The van der Waals surface area contributed by atoms with Crippen LogP contribution in [0.15, 0.2) is 18.2 Å². The van der Waals surface area contributed by atoms with Crippen LogP contribution >= 0.6 is 0 Å². The molecule has 116 valence electrons. The fraction of sp³-hybridized carbons (Fsp3) is 0.308. The van der Waals surface area contributed by atoms with Crippen LogP contribution in [0.25, 0.3) is 0 Å². The van der Waals surface area contributed by atoms with Crippen molar-refractivity contribution >= 4 is 11.9 Å². The first-order valence-corrected chi connectivity index (χ1v) is 6.52. The highest BCUT2D eigenvalue weighted by Gasteiger charge is 2.25. The highest BCUT2D eigenvalue weighted by molar-refractivity contribution is 5.43. The van der Waals surface area contributed by atoms with Crippen molar-refractivity contribution in [2.75, 3.05) is 17.7 Å². The van der Waals surface area contributed by atoms with Crippen molar-refractivity contribution in [3.63, 3.8) is 0 Å². The maximum Gasteiger partial charge on any atom is 0.297 e. The van der Waals surface area contributed by atoms with E-state index in [-0.39, 0.29) is 30.3 Å². The number of hydrogen-bond donors (Lipinski definition) is 2. The molecular weight excluding hydrogens is 299 g/mol. The molecule has 1 aromatic heterocycles. The van der Waals surface area contributed by atoms with Gasteiger partial charge < -0.3 is 15.8 Å². The lowest BCUT2D eigenvalue weighted by Crippen LogP contribution is -2.22. The van der Waals surface area contributed by atoms with Crippen molar-refractivity contribution in [1.82, 2.24) is 15.0 Å². The van der Waals surface area contributed by atoms with Gasteiger partial charge in [-0.1, -0.05) is 12.1 Å². The quantitative estimate of drug-likeness (QED) is 0.905. The molecule has 0 bridgehead atoms. The number of ether oxygens (including phenoxy) is 1. The predicted molar refractivity (Wildman–Crippen MR) is 72.1 cm³/mol. The van der Waals surface area contributed by atoms with Gasteiger partial charge in [0.05, 0.1) is 12.6 Å². The summed E-state index contributed by atoms with van der Waals surface area (Å²) in [6.45, 7) is 0.286. The van der Waals surface area contributed by atoms with E-state index >= 15 is 0 Å². The number of rotatable bonds is 3. The Hall–Kier alpha value is -2.58. The summed E-state index contributed by atoms with van der Waals surface area (Å²) in [4.78, 5) is 10.8. The molecule has 3 N–H and O–H groups in total. The van der Waals surface area contributed by atoms with Crippen molar-refractivity contribution in [2.45, 2.75) is 18.9 Å². The van der Waals surface area contributed by atoms with Crippen molar-refractivity contribution < 1.29 is 17.9 Å². The van der Waals surface area contributed by atoms with Gasteiger partial charge in [0.25, 0.3) is 6.43 Å². The lowest BCUT2D eigenvalue weighted by Gasteiger charge is -2.26. The van der Waals surface area contributed by atoms with E-state index in [0.29, 0.717) is 12.0 Å². The summed E-state index contributed by atoms with van der Waals surface area (Å²) in [5, 5.41) is 2.88. The molecule has 0 saturated heterocycles. The number of nitrogens with two attached hydrogens (primary N) is 1. The third-order valence-corrected chi connectivity index (χ3v) is 3.19. The number of hydrogen-bond acceptors (Lipinski definition) is 6. The van der Waals surface area contributed by atoms with E-state index in [2.05, 4.69) is 20.3 Å². The first-order chi connectivity index (χ1) is 10.5. The van der Waals surface area contributed by atoms with Crippen molar-refractivity contribution in [3.05, 3.63) is 35.4 Å². The number of alkyl halides is 2. The van der Waals surface area contributed by atoms with E-state index < -0.39 is 18.1 Å². The molecule has 9 heteroatoms. The minimum Gasteiger partial charge on any atom is -0.490 e. The first kappa shape index (κ1) is 14.4. The van der Waals surface area contributed by atoms with Crippen molar-refractivity contribution in [2.24, 2.45) is 0 Å². The number of nitrogen functional groups attached to an aromatic ring is 1. The SMILES string of the molecule is Nc1nc(N[C@@H]2CCOc3c(F)cccc32)nc(C(F)F)n1. The topological polar surface area (TPSA) is 86.0 Å². The van der Waals surface area contributed by atoms with Gasteiger partial charge in [0.2, 0.25) is 17.7 Å². The molecule has 6 nitrogen and oxygen atoms in total. The molecule has 22 heavy (non-hydrogen) atoms. The number of halogens is 3. The summed E-state index contributed by atoms with van der Waals surface area (Å²) in [5.41, 5.74) is 5.97. The van der Waals surface area contributed by atoms with Crippen LogP contribution in [0.4, 0.5) is 25.1 Å². The standard InChI is InChI=1S/C13H12F3N5O/c14-7-3-1-2-6-8(4-5-22-9(6)7)18-13-20-11(10(15)16)19-12(17)21-13/h1-3,8,10H,4-5H2,(H3,17,18,19,20,21)/t8-/m1/s1. The predicted octanol–water partition coefficient (Wildman–Crippen LogP) is 2.47. The third-order valence-electron chi connectivity index (χ3n) is 3.19. The number of para-hydroxylation sites is 1. The summed E-state index contributed by atoms with van der Waals surface area (Å²) in [7, 11) is 0. The van der Waals surface area contributed by atoms with E-state index in [1.54, 1.807) is 12.1 Å². The fourth-order valence-electron chi connectivity index (χ4n) is 2.26. The van der Waals surface area contributed by atoms with E-state index in [1.165, 1.54) is 6.07 Å². The summed E-state index contributed by atoms with van der Waals surface area (Å²) < 4.78 is 44.4. The fourth-order valence-corrected chi connectivity index (χ4v) is 2.26. The summed E-state index contributed by atoms with van der Waals surface area (Å²) in [5.74, 6) is -1.43. The van der Waals surface area contributed by atoms with Crippen LogP contribution in [0.1, 0.15) is 30.3 Å². The van der Waals surface area contributed by atoms with Crippen LogP contribution in [0.2, 0.25) is 0 Å². The van der Waals surface area contributed by atoms with Gasteiger partial charge in [0.15, 0.2) is 11.6 Å². The minimum absolute atomic E-state index is 0.0788. The van der Waals surface area contributed by atoms with Gasteiger partial charge >= 0.3 is 0 Å². The van der Waals surface area contributed by atoms with Gasteiger partial charge in [-0.2, -0.15) is 15.0 Å². The number of nitrogens with zero attached hydrogens (tertiary/aromatic N) is 3. The van der Waals surface area contributed by atoms with Gasteiger partial charge in [0.1, 0.15) is 0 Å². The number of anilines is 2. The van der Waals surface area contributed by atoms with Gasteiger partial charge in [-0.05, 0) is 6.07 Å². The lowest BCUT2D eigenvalue weighted by molar-refractivity contribution is 0.140. The van der Waals surface area contributed by atoms with Gasteiger partial charge in [0, 0.05) is 12.0 Å². The largest absolute Gasteiger partial charge is 0.490 e. The van der Waals surface area contributed by atoms with Crippen LogP contribution in [0.3, 0.4) is 0 Å². The average molecular weight is 311 g/mol. The van der Waals surface area contributed by atoms with Crippen LogP contribution in [0.5, 0.6) is 5.75 Å². The molecule has 0 fully saturated rings. The summed E-state index contributed by atoms with van der Waals surface area (Å²) >= 11 is 0. The van der Waals surface area contributed by atoms with Crippen LogP contribution in [-0.4, -0.2) is 21.6 Å². The van der Waals surface area contributed by atoms with Crippen LogP contribution in [-0.2, 0) is 0 Å². The highest BCUT2D eigenvalue weighted by atomic mass is 19.3. The Morgan fingerprint density at radius 3 is 2.86 bits per heavy atom. The molecule has 0 unspecified atom stereocenters. The zero-order valence-electron chi connectivity index (χ0n) is 11.3. The lowest BCUT2D eigenvalue weighted by atomic mass is 10.0.